The number of allylic oxidation sites excluding steroid dienone is 3. The Morgan fingerprint density at radius 3 is 2.59 bits per heavy atom. The minimum atomic E-state index is -1.43. The molecule has 0 aliphatic heterocycles. The summed E-state index contributed by atoms with van der Waals surface area (Å²) >= 11 is 6.00. The van der Waals surface area contributed by atoms with Crippen LogP contribution in [-0.4, -0.2) is 27.6 Å². The highest BCUT2D eigenvalue weighted by Gasteiger charge is 2.47. The molecule has 0 saturated heterocycles. The number of rotatable bonds is 5. The van der Waals surface area contributed by atoms with Gasteiger partial charge in [-0.1, -0.05) is 55.8 Å². The summed E-state index contributed by atoms with van der Waals surface area (Å²) in [6.07, 6.45) is 9.29. The van der Waals surface area contributed by atoms with Crippen molar-refractivity contribution in [3.05, 3.63) is 76.4 Å². The molecule has 1 aliphatic carbocycles. The minimum absolute atomic E-state index is 0.0679. The Hall–Kier alpha value is -2.43. The average molecular weight is 387 g/mol. The van der Waals surface area contributed by atoms with Crippen molar-refractivity contribution < 1.29 is 19.8 Å². The Morgan fingerprint density at radius 2 is 1.96 bits per heavy atom. The van der Waals surface area contributed by atoms with Crippen molar-refractivity contribution in [3.63, 3.8) is 0 Å². The maximum atomic E-state index is 12.2. The molecule has 1 aromatic carbocycles. The zero-order valence-corrected chi connectivity index (χ0v) is 16.3. The minimum Gasteiger partial charge on any atom is -0.478 e. The van der Waals surface area contributed by atoms with Crippen LogP contribution in [0, 0.1) is 5.41 Å². The molecule has 4 nitrogen and oxygen atoms in total. The van der Waals surface area contributed by atoms with Crippen molar-refractivity contribution in [2.45, 2.75) is 32.8 Å². The fourth-order valence-electron chi connectivity index (χ4n) is 3.08. The van der Waals surface area contributed by atoms with Gasteiger partial charge in [0.25, 0.3) is 0 Å². The molecule has 0 amide bonds. The van der Waals surface area contributed by atoms with E-state index >= 15 is 0 Å². The topological polar surface area (TPSA) is 74.6 Å². The Labute approximate surface area is 164 Å². The van der Waals surface area contributed by atoms with Gasteiger partial charge in [-0.05, 0) is 47.9 Å². The first-order chi connectivity index (χ1) is 12.5. The third kappa shape index (κ3) is 5.06. The van der Waals surface area contributed by atoms with Crippen LogP contribution in [0.1, 0.15) is 32.8 Å². The van der Waals surface area contributed by atoms with Crippen LogP contribution >= 0.6 is 11.6 Å². The number of hydrogen-bond acceptors (Lipinski definition) is 3. The lowest BCUT2D eigenvalue weighted by molar-refractivity contribution is -0.131. The molecule has 1 aromatic rings. The lowest BCUT2D eigenvalue weighted by Crippen LogP contribution is -2.48. The summed E-state index contributed by atoms with van der Waals surface area (Å²) < 4.78 is 0. The van der Waals surface area contributed by atoms with Gasteiger partial charge >= 0.3 is 5.97 Å². The van der Waals surface area contributed by atoms with Gasteiger partial charge < -0.3 is 10.2 Å². The van der Waals surface area contributed by atoms with Crippen LogP contribution < -0.4 is 0 Å². The molecule has 1 atom stereocenters. The van der Waals surface area contributed by atoms with Crippen LogP contribution in [0.5, 0.6) is 0 Å². The van der Waals surface area contributed by atoms with Gasteiger partial charge in [-0.25, -0.2) is 4.79 Å². The molecule has 27 heavy (non-hydrogen) atoms. The van der Waals surface area contributed by atoms with E-state index in [2.05, 4.69) is 0 Å². The summed E-state index contributed by atoms with van der Waals surface area (Å²) in [5.74, 6) is -1.12. The third-order valence-corrected chi connectivity index (χ3v) is 4.88. The van der Waals surface area contributed by atoms with E-state index in [0.29, 0.717) is 16.2 Å². The second-order valence-electron chi connectivity index (χ2n) is 7.34. The van der Waals surface area contributed by atoms with Crippen LogP contribution in [-0.2, 0) is 9.59 Å². The summed E-state index contributed by atoms with van der Waals surface area (Å²) in [7, 11) is 0. The summed E-state index contributed by atoms with van der Waals surface area (Å²) in [5, 5.41) is 20.9. The highest BCUT2D eigenvalue weighted by atomic mass is 35.5. The van der Waals surface area contributed by atoms with E-state index in [1.165, 1.54) is 6.08 Å². The normalized spacial score (nSPS) is 23.1. The monoisotopic (exact) mass is 386 g/mol. The Kier molecular flexibility index (Phi) is 6.24. The van der Waals surface area contributed by atoms with Gasteiger partial charge in [0.15, 0.2) is 5.78 Å². The van der Waals surface area contributed by atoms with E-state index in [4.69, 9.17) is 16.7 Å². The third-order valence-electron chi connectivity index (χ3n) is 4.65. The predicted octanol–water partition coefficient (Wildman–Crippen LogP) is 4.60. The Bertz CT molecular complexity index is 874. The van der Waals surface area contributed by atoms with Crippen molar-refractivity contribution >= 4 is 29.4 Å². The van der Waals surface area contributed by atoms with Crippen molar-refractivity contribution in [2.24, 2.45) is 5.41 Å². The van der Waals surface area contributed by atoms with Gasteiger partial charge in [-0.15, -0.1) is 0 Å². The van der Waals surface area contributed by atoms with E-state index in [1.807, 2.05) is 26.0 Å². The SMILES string of the molecule is CC(=C/C(=O)O)/C=C/[C@@]1(O)C(/C=C/c2cccc(Cl)c2)=CC(=O)CC1(C)C. The quantitative estimate of drug-likeness (QED) is 0.573. The summed E-state index contributed by atoms with van der Waals surface area (Å²) in [6.45, 7) is 5.26. The van der Waals surface area contributed by atoms with Gasteiger partial charge in [0.05, 0.1) is 0 Å². The maximum absolute atomic E-state index is 12.2. The van der Waals surface area contributed by atoms with Gasteiger partial charge in [-0.3, -0.25) is 4.79 Å². The van der Waals surface area contributed by atoms with E-state index in [-0.39, 0.29) is 12.2 Å². The number of carboxylic acid groups (broad SMARTS) is 1. The molecule has 2 rings (SSSR count). The van der Waals surface area contributed by atoms with Crippen molar-refractivity contribution in [3.8, 4) is 0 Å². The molecule has 5 heteroatoms. The number of carbonyl (C=O) groups is 2. The Morgan fingerprint density at radius 1 is 1.26 bits per heavy atom. The summed E-state index contributed by atoms with van der Waals surface area (Å²) in [6, 6.07) is 7.23. The fourth-order valence-corrected chi connectivity index (χ4v) is 3.28. The summed E-state index contributed by atoms with van der Waals surface area (Å²) in [4.78, 5) is 23.0. The molecular formula is C22H23ClO4. The van der Waals surface area contributed by atoms with Crippen molar-refractivity contribution in [1.82, 2.24) is 0 Å². The van der Waals surface area contributed by atoms with Crippen molar-refractivity contribution in [2.75, 3.05) is 0 Å². The molecule has 0 fully saturated rings. The lowest BCUT2D eigenvalue weighted by Gasteiger charge is -2.44. The first-order valence-corrected chi connectivity index (χ1v) is 8.93. The number of carboxylic acids is 1. The molecule has 0 radical (unpaired) electrons. The van der Waals surface area contributed by atoms with E-state index in [0.717, 1.165) is 11.6 Å². The number of carbonyl (C=O) groups excluding carboxylic acids is 1. The number of hydrogen-bond donors (Lipinski definition) is 2. The van der Waals surface area contributed by atoms with Gasteiger partial charge in [0.1, 0.15) is 5.60 Å². The van der Waals surface area contributed by atoms with Crippen LogP contribution in [0.25, 0.3) is 6.08 Å². The van der Waals surface area contributed by atoms with Crippen molar-refractivity contribution in [1.29, 1.82) is 0 Å². The standard InChI is InChI=1S/C22H23ClO4/c1-15(11-20(25)26)9-10-22(27)17(13-19(24)14-21(22,2)3)8-7-16-5-4-6-18(23)12-16/h4-13,27H,14H2,1-3H3,(H,25,26)/b8-7+,10-9+,15-11-/t22-/m1/s1. The molecule has 142 valence electrons. The van der Waals surface area contributed by atoms with E-state index < -0.39 is 17.0 Å². The van der Waals surface area contributed by atoms with E-state index in [9.17, 15) is 14.7 Å². The van der Waals surface area contributed by atoms with Gasteiger partial charge in [-0.2, -0.15) is 0 Å². The Balaban J connectivity index is 2.46. The first kappa shape index (κ1) is 20.9. The molecule has 0 spiro atoms. The van der Waals surface area contributed by atoms with Gasteiger partial charge in [0, 0.05) is 22.9 Å². The fraction of sp³-hybridized carbons (Fsp3) is 0.273. The first-order valence-electron chi connectivity index (χ1n) is 8.55. The second-order valence-corrected chi connectivity index (χ2v) is 7.78. The summed E-state index contributed by atoms with van der Waals surface area (Å²) in [5.41, 5.74) is -0.409. The highest BCUT2D eigenvalue weighted by Crippen LogP contribution is 2.45. The molecule has 0 heterocycles. The second kappa shape index (κ2) is 8.07. The van der Waals surface area contributed by atoms with Crippen LogP contribution in [0.3, 0.4) is 0 Å². The van der Waals surface area contributed by atoms with Gasteiger partial charge in [0.2, 0.25) is 0 Å². The number of benzene rings is 1. The molecular weight excluding hydrogens is 364 g/mol. The van der Waals surface area contributed by atoms with Crippen LogP contribution in [0.4, 0.5) is 0 Å². The predicted molar refractivity (Wildman–Crippen MR) is 107 cm³/mol. The lowest BCUT2D eigenvalue weighted by atomic mass is 9.64. The molecule has 0 aromatic heterocycles. The zero-order valence-electron chi connectivity index (χ0n) is 15.6. The largest absolute Gasteiger partial charge is 0.478 e. The molecule has 0 saturated carbocycles. The molecule has 0 unspecified atom stereocenters. The molecule has 1 aliphatic rings. The zero-order chi connectivity index (χ0) is 20.2. The number of aliphatic carboxylic acids is 1. The number of ketones is 1. The van der Waals surface area contributed by atoms with Crippen LogP contribution in [0.2, 0.25) is 5.02 Å². The molecule has 2 N–H and O–H groups in total. The molecule has 0 bridgehead atoms. The average Bonchev–Trinajstić information content (AvgIpc) is 2.54. The highest BCUT2D eigenvalue weighted by molar-refractivity contribution is 6.30. The van der Waals surface area contributed by atoms with E-state index in [1.54, 1.807) is 43.4 Å². The smallest absolute Gasteiger partial charge is 0.328 e. The maximum Gasteiger partial charge on any atom is 0.328 e. The number of aliphatic hydroxyl groups is 1. The number of halogens is 1. The van der Waals surface area contributed by atoms with Crippen LogP contribution in [0.15, 0.2) is 65.8 Å².